The topological polar surface area (TPSA) is 21.3 Å². The number of ether oxygens (including phenoxy) is 1. The SMILES string of the molecule is CN[C@H]1CO[C@H](C(C)(C)C)C1. The van der Waals surface area contributed by atoms with Gasteiger partial charge < -0.3 is 10.1 Å². The monoisotopic (exact) mass is 157 g/mol. The van der Waals surface area contributed by atoms with Gasteiger partial charge >= 0.3 is 0 Å². The number of hydrogen-bond donors (Lipinski definition) is 1. The van der Waals surface area contributed by atoms with E-state index in [4.69, 9.17) is 4.74 Å². The number of rotatable bonds is 1. The van der Waals surface area contributed by atoms with E-state index in [1.54, 1.807) is 0 Å². The molecule has 1 N–H and O–H groups in total. The van der Waals surface area contributed by atoms with Crippen molar-refractivity contribution < 1.29 is 4.74 Å². The van der Waals surface area contributed by atoms with Crippen LogP contribution in [0, 0.1) is 5.41 Å². The first-order chi connectivity index (χ1) is 5.04. The van der Waals surface area contributed by atoms with Crippen molar-refractivity contribution in [3.63, 3.8) is 0 Å². The van der Waals surface area contributed by atoms with E-state index in [1.165, 1.54) is 0 Å². The first-order valence-electron chi connectivity index (χ1n) is 4.33. The summed E-state index contributed by atoms with van der Waals surface area (Å²) in [5, 5.41) is 3.24. The summed E-state index contributed by atoms with van der Waals surface area (Å²) in [6, 6.07) is 0.569. The molecule has 1 rings (SSSR count). The van der Waals surface area contributed by atoms with E-state index in [-0.39, 0.29) is 0 Å². The second kappa shape index (κ2) is 3.11. The van der Waals surface area contributed by atoms with Gasteiger partial charge in [0.2, 0.25) is 0 Å². The molecule has 1 aliphatic rings. The third-order valence-corrected chi connectivity index (χ3v) is 2.37. The molecule has 0 radical (unpaired) electrons. The maximum Gasteiger partial charge on any atom is 0.0639 e. The van der Waals surface area contributed by atoms with Crippen LogP contribution in [0.25, 0.3) is 0 Å². The second-order valence-corrected chi connectivity index (χ2v) is 4.41. The molecule has 66 valence electrons. The van der Waals surface area contributed by atoms with E-state index < -0.39 is 0 Å². The predicted octanol–water partition coefficient (Wildman–Crippen LogP) is 1.41. The highest BCUT2D eigenvalue weighted by atomic mass is 16.5. The Morgan fingerprint density at radius 1 is 1.36 bits per heavy atom. The van der Waals surface area contributed by atoms with Gasteiger partial charge in [-0.25, -0.2) is 0 Å². The molecule has 1 aliphatic heterocycles. The van der Waals surface area contributed by atoms with E-state index in [2.05, 4.69) is 26.1 Å². The average molecular weight is 157 g/mol. The molecule has 0 unspecified atom stereocenters. The van der Waals surface area contributed by atoms with Gasteiger partial charge in [0.05, 0.1) is 12.7 Å². The van der Waals surface area contributed by atoms with Crippen LogP contribution >= 0.6 is 0 Å². The van der Waals surface area contributed by atoms with Crippen LogP contribution in [0.3, 0.4) is 0 Å². The molecule has 1 heterocycles. The molecule has 1 fully saturated rings. The summed E-state index contributed by atoms with van der Waals surface area (Å²) in [6.07, 6.45) is 1.58. The van der Waals surface area contributed by atoms with Gasteiger partial charge in [-0.3, -0.25) is 0 Å². The highest BCUT2D eigenvalue weighted by Crippen LogP contribution is 2.29. The van der Waals surface area contributed by atoms with Crippen molar-refractivity contribution in [2.24, 2.45) is 5.41 Å². The van der Waals surface area contributed by atoms with Crippen LogP contribution in [-0.4, -0.2) is 25.8 Å². The highest BCUT2D eigenvalue weighted by molar-refractivity contribution is 4.85. The summed E-state index contributed by atoms with van der Waals surface area (Å²) in [7, 11) is 2.00. The predicted molar refractivity (Wildman–Crippen MR) is 46.7 cm³/mol. The van der Waals surface area contributed by atoms with E-state index in [9.17, 15) is 0 Å². The molecule has 1 saturated heterocycles. The first-order valence-corrected chi connectivity index (χ1v) is 4.33. The normalized spacial score (nSPS) is 32.7. The zero-order valence-electron chi connectivity index (χ0n) is 7.98. The minimum atomic E-state index is 0.297. The van der Waals surface area contributed by atoms with Gasteiger partial charge in [-0.1, -0.05) is 20.8 Å². The van der Waals surface area contributed by atoms with Crippen LogP contribution < -0.4 is 5.32 Å². The van der Waals surface area contributed by atoms with Crippen LogP contribution in [0.15, 0.2) is 0 Å². The van der Waals surface area contributed by atoms with Gasteiger partial charge in [0.1, 0.15) is 0 Å². The number of likely N-dealkylation sites (N-methyl/N-ethyl adjacent to an activating group) is 1. The Bertz CT molecular complexity index is 128. The third kappa shape index (κ3) is 2.17. The van der Waals surface area contributed by atoms with Gasteiger partial charge in [0.25, 0.3) is 0 Å². The van der Waals surface area contributed by atoms with Crippen molar-refractivity contribution in [1.82, 2.24) is 5.32 Å². The lowest BCUT2D eigenvalue weighted by Crippen LogP contribution is -2.28. The lowest BCUT2D eigenvalue weighted by Gasteiger charge is -2.25. The molecule has 0 bridgehead atoms. The Hall–Kier alpha value is -0.0800. The van der Waals surface area contributed by atoms with Crippen LogP contribution in [0.1, 0.15) is 27.2 Å². The minimum absolute atomic E-state index is 0.297. The second-order valence-electron chi connectivity index (χ2n) is 4.41. The molecule has 0 amide bonds. The molecule has 0 aromatic heterocycles. The smallest absolute Gasteiger partial charge is 0.0639 e. The fourth-order valence-corrected chi connectivity index (χ4v) is 1.43. The Balaban J connectivity index is 2.42. The van der Waals surface area contributed by atoms with Crippen LogP contribution in [0.4, 0.5) is 0 Å². The van der Waals surface area contributed by atoms with Crippen molar-refractivity contribution in [3.8, 4) is 0 Å². The molecule has 0 aromatic rings. The standard InChI is InChI=1S/C9H19NO/c1-9(2,3)8-5-7(10-4)6-11-8/h7-8,10H,5-6H2,1-4H3/t7-,8+/m1/s1. The average Bonchev–Trinajstić information content (AvgIpc) is 2.32. The van der Waals surface area contributed by atoms with E-state index >= 15 is 0 Å². The van der Waals surface area contributed by atoms with Crippen molar-refractivity contribution in [3.05, 3.63) is 0 Å². The molecule has 0 aliphatic carbocycles. The highest BCUT2D eigenvalue weighted by Gasteiger charge is 2.33. The van der Waals surface area contributed by atoms with Crippen molar-refractivity contribution >= 4 is 0 Å². The quantitative estimate of drug-likeness (QED) is 0.621. The molecule has 2 heteroatoms. The lowest BCUT2D eigenvalue weighted by molar-refractivity contribution is 0.0284. The number of hydrogen-bond acceptors (Lipinski definition) is 2. The summed E-state index contributed by atoms with van der Waals surface area (Å²) < 4.78 is 5.66. The molecule has 2 nitrogen and oxygen atoms in total. The van der Waals surface area contributed by atoms with Gasteiger partial charge in [0.15, 0.2) is 0 Å². The Morgan fingerprint density at radius 2 is 2.00 bits per heavy atom. The van der Waals surface area contributed by atoms with Crippen LogP contribution in [0.2, 0.25) is 0 Å². The summed E-state index contributed by atoms with van der Waals surface area (Å²) in [4.78, 5) is 0. The van der Waals surface area contributed by atoms with E-state index in [1.807, 2.05) is 7.05 Å². The molecule has 0 aromatic carbocycles. The molecule has 2 atom stereocenters. The summed E-state index contributed by atoms with van der Waals surface area (Å²) in [5.41, 5.74) is 0.297. The minimum Gasteiger partial charge on any atom is -0.376 e. The molecule has 0 spiro atoms. The maximum absolute atomic E-state index is 5.66. The van der Waals surface area contributed by atoms with E-state index in [0.717, 1.165) is 13.0 Å². The zero-order valence-corrected chi connectivity index (χ0v) is 7.98. The first kappa shape index (κ1) is 9.01. The number of nitrogens with one attached hydrogen (secondary N) is 1. The van der Waals surface area contributed by atoms with Gasteiger partial charge in [-0.05, 0) is 18.9 Å². The summed E-state index contributed by atoms with van der Waals surface area (Å²) in [6.45, 7) is 7.57. The maximum atomic E-state index is 5.66. The fourth-order valence-electron chi connectivity index (χ4n) is 1.43. The Morgan fingerprint density at radius 3 is 2.27 bits per heavy atom. The summed E-state index contributed by atoms with van der Waals surface area (Å²) in [5.74, 6) is 0. The van der Waals surface area contributed by atoms with Crippen LogP contribution in [-0.2, 0) is 4.74 Å². The van der Waals surface area contributed by atoms with E-state index in [0.29, 0.717) is 17.6 Å². The third-order valence-electron chi connectivity index (χ3n) is 2.37. The van der Waals surface area contributed by atoms with Gasteiger partial charge in [0, 0.05) is 6.04 Å². The molecule has 11 heavy (non-hydrogen) atoms. The zero-order chi connectivity index (χ0) is 8.48. The van der Waals surface area contributed by atoms with Crippen molar-refractivity contribution in [1.29, 1.82) is 0 Å². The van der Waals surface area contributed by atoms with Crippen LogP contribution in [0.5, 0.6) is 0 Å². The fraction of sp³-hybridized carbons (Fsp3) is 1.00. The summed E-state index contributed by atoms with van der Waals surface area (Å²) >= 11 is 0. The van der Waals surface area contributed by atoms with Gasteiger partial charge in [-0.15, -0.1) is 0 Å². The Labute approximate surface area is 69.3 Å². The van der Waals surface area contributed by atoms with Crippen molar-refractivity contribution in [2.75, 3.05) is 13.7 Å². The Kier molecular flexibility index (Phi) is 2.55. The van der Waals surface area contributed by atoms with Crippen molar-refractivity contribution in [2.45, 2.75) is 39.3 Å². The lowest BCUT2D eigenvalue weighted by atomic mass is 9.87. The van der Waals surface area contributed by atoms with Gasteiger partial charge in [-0.2, -0.15) is 0 Å². The molecular formula is C9H19NO. The largest absolute Gasteiger partial charge is 0.376 e. The molecule has 0 saturated carbocycles. The molecular weight excluding hydrogens is 138 g/mol.